The van der Waals surface area contributed by atoms with E-state index in [1.165, 1.54) is 11.3 Å². The van der Waals surface area contributed by atoms with Crippen molar-refractivity contribution in [3.05, 3.63) is 16.1 Å². The van der Waals surface area contributed by atoms with Crippen molar-refractivity contribution in [2.24, 2.45) is 5.92 Å². The SMILES string of the molecule is Cc1csc(CNC(=O)NC2(C(=O)O)CCCC(C)C2)n1. The number of carbonyl (C=O) groups is 2. The third-order valence-corrected chi connectivity index (χ3v) is 4.79. The largest absolute Gasteiger partial charge is 0.480 e. The minimum atomic E-state index is -1.14. The number of amides is 2. The van der Waals surface area contributed by atoms with Crippen LogP contribution in [0.1, 0.15) is 43.3 Å². The highest BCUT2D eigenvalue weighted by Gasteiger charge is 2.43. The van der Waals surface area contributed by atoms with Crippen molar-refractivity contribution in [2.75, 3.05) is 0 Å². The lowest BCUT2D eigenvalue weighted by atomic mass is 9.76. The Morgan fingerprint density at radius 1 is 1.57 bits per heavy atom. The average Bonchev–Trinajstić information content (AvgIpc) is 2.82. The van der Waals surface area contributed by atoms with Crippen molar-refractivity contribution < 1.29 is 14.7 Å². The van der Waals surface area contributed by atoms with Crippen molar-refractivity contribution in [2.45, 2.75) is 51.6 Å². The second-order valence-electron chi connectivity index (χ2n) is 5.78. The maximum absolute atomic E-state index is 12.0. The number of rotatable bonds is 4. The normalized spacial score (nSPS) is 25.3. The number of hydrogen-bond donors (Lipinski definition) is 3. The van der Waals surface area contributed by atoms with Crippen LogP contribution in [0.15, 0.2) is 5.38 Å². The summed E-state index contributed by atoms with van der Waals surface area (Å²) in [5.74, 6) is -0.647. The lowest BCUT2D eigenvalue weighted by Crippen LogP contribution is -2.59. The molecule has 1 aliphatic carbocycles. The third kappa shape index (κ3) is 3.93. The summed E-state index contributed by atoms with van der Waals surface area (Å²) >= 11 is 1.47. The zero-order valence-corrected chi connectivity index (χ0v) is 13.1. The first-order chi connectivity index (χ1) is 9.91. The molecule has 2 atom stereocenters. The maximum Gasteiger partial charge on any atom is 0.329 e. The number of carboxylic acids is 1. The minimum Gasteiger partial charge on any atom is -0.480 e. The second kappa shape index (κ2) is 6.43. The predicted molar refractivity (Wildman–Crippen MR) is 80.2 cm³/mol. The molecule has 2 unspecified atom stereocenters. The van der Waals surface area contributed by atoms with Gasteiger partial charge in [-0.2, -0.15) is 0 Å². The number of nitrogens with one attached hydrogen (secondary N) is 2. The highest BCUT2D eigenvalue weighted by Crippen LogP contribution is 2.32. The first-order valence-corrected chi connectivity index (χ1v) is 8.00. The van der Waals surface area contributed by atoms with Gasteiger partial charge >= 0.3 is 12.0 Å². The van der Waals surface area contributed by atoms with E-state index in [1.54, 1.807) is 0 Å². The summed E-state index contributed by atoms with van der Waals surface area (Å²) in [7, 11) is 0. The topological polar surface area (TPSA) is 91.3 Å². The lowest BCUT2D eigenvalue weighted by molar-refractivity contribution is -0.146. The molecule has 3 N–H and O–H groups in total. The molecule has 2 amide bonds. The summed E-state index contributed by atoms with van der Waals surface area (Å²) in [5, 5.41) is 17.6. The average molecular weight is 311 g/mol. The van der Waals surface area contributed by atoms with Gasteiger partial charge in [-0.25, -0.2) is 14.6 Å². The standard InChI is InChI=1S/C14H21N3O3S/c1-9-4-3-5-14(6-9,12(18)19)17-13(20)15-7-11-16-10(2)8-21-11/h8-9H,3-7H2,1-2H3,(H,18,19)(H2,15,17,20). The number of carboxylic acid groups (broad SMARTS) is 1. The Labute approximate surface area is 128 Å². The molecule has 7 heteroatoms. The molecule has 0 spiro atoms. The van der Waals surface area contributed by atoms with Crippen LogP contribution in [0.3, 0.4) is 0 Å². The van der Waals surface area contributed by atoms with E-state index in [-0.39, 0.29) is 0 Å². The molecule has 1 aromatic rings. The van der Waals surface area contributed by atoms with Crippen LogP contribution < -0.4 is 10.6 Å². The molecule has 2 rings (SSSR count). The molecule has 1 heterocycles. The molecule has 1 aliphatic rings. The molecular formula is C14H21N3O3S. The molecule has 0 bridgehead atoms. The molecule has 1 aromatic heterocycles. The van der Waals surface area contributed by atoms with E-state index in [1.807, 2.05) is 19.2 Å². The van der Waals surface area contributed by atoms with Gasteiger partial charge in [-0.15, -0.1) is 11.3 Å². The number of carbonyl (C=O) groups excluding carboxylic acids is 1. The van der Waals surface area contributed by atoms with Gasteiger partial charge in [0.1, 0.15) is 10.5 Å². The smallest absolute Gasteiger partial charge is 0.329 e. The van der Waals surface area contributed by atoms with Crippen LogP contribution in [0.2, 0.25) is 0 Å². The van der Waals surface area contributed by atoms with Gasteiger partial charge in [-0.1, -0.05) is 19.8 Å². The van der Waals surface area contributed by atoms with Crippen LogP contribution in [0, 0.1) is 12.8 Å². The van der Waals surface area contributed by atoms with Gasteiger partial charge in [-0.3, -0.25) is 0 Å². The van der Waals surface area contributed by atoms with Gasteiger partial charge in [0.15, 0.2) is 0 Å². The number of aromatic nitrogens is 1. The quantitative estimate of drug-likeness (QED) is 0.795. The Bertz CT molecular complexity index is 531. The Morgan fingerprint density at radius 2 is 2.33 bits per heavy atom. The zero-order chi connectivity index (χ0) is 15.5. The predicted octanol–water partition coefficient (Wildman–Crippen LogP) is 2.28. The summed E-state index contributed by atoms with van der Waals surface area (Å²) < 4.78 is 0. The van der Waals surface area contributed by atoms with Crippen LogP contribution >= 0.6 is 11.3 Å². The van der Waals surface area contributed by atoms with Crippen LogP contribution in [0.25, 0.3) is 0 Å². The highest BCUT2D eigenvalue weighted by atomic mass is 32.1. The number of nitrogens with zero attached hydrogens (tertiary/aromatic N) is 1. The Hall–Kier alpha value is -1.63. The van der Waals surface area contributed by atoms with Gasteiger partial charge < -0.3 is 15.7 Å². The van der Waals surface area contributed by atoms with Gasteiger partial charge in [0.2, 0.25) is 0 Å². The van der Waals surface area contributed by atoms with Crippen LogP contribution in [0.4, 0.5) is 4.79 Å². The van der Waals surface area contributed by atoms with Crippen LogP contribution in [0.5, 0.6) is 0 Å². The van der Waals surface area contributed by atoms with Crippen molar-refractivity contribution in [1.29, 1.82) is 0 Å². The Kier molecular flexibility index (Phi) is 4.82. The van der Waals surface area contributed by atoms with Crippen molar-refractivity contribution in [3.63, 3.8) is 0 Å². The molecule has 1 fully saturated rings. The third-order valence-electron chi connectivity index (χ3n) is 3.83. The number of hydrogen-bond acceptors (Lipinski definition) is 4. The molecule has 6 nitrogen and oxygen atoms in total. The molecule has 116 valence electrons. The van der Waals surface area contributed by atoms with E-state index in [2.05, 4.69) is 15.6 Å². The molecule has 1 saturated carbocycles. The van der Waals surface area contributed by atoms with Crippen molar-refractivity contribution in [3.8, 4) is 0 Å². The monoisotopic (exact) mass is 311 g/mol. The fourth-order valence-corrected chi connectivity index (χ4v) is 3.53. The summed E-state index contributed by atoms with van der Waals surface area (Å²) in [5.41, 5.74) is -0.221. The lowest BCUT2D eigenvalue weighted by Gasteiger charge is -2.36. The minimum absolute atomic E-state index is 0.303. The van der Waals surface area contributed by atoms with Crippen LogP contribution in [-0.2, 0) is 11.3 Å². The highest BCUT2D eigenvalue weighted by molar-refractivity contribution is 7.09. The molecule has 0 aromatic carbocycles. The zero-order valence-electron chi connectivity index (χ0n) is 12.3. The summed E-state index contributed by atoms with van der Waals surface area (Å²) in [4.78, 5) is 27.8. The molecular weight excluding hydrogens is 290 g/mol. The van der Waals surface area contributed by atoms with Gasteiger partial charge in [0.25, 0.3) is 0 Å². The molecule has 0 aliphatic heterocycles. The molecule has 0 saturated heterocycles. The van der Waals surface area contributed by atoms with Gasteiger partial charge in [-0.05, 0) is 25.7 Å². The molecule has 21 heavy (non-hydrogen) atoms. The first kappa shape index (κ1) is 15.8. The maximum atomic E-state index is 12.0. The number of aliphatic carboxylic acids is 1. The van der Waals surface area contributed by atoms with E-state index >= 15 is 0 Å². The van der Waals surface area contributed by atoms with E-state index in [0.29, 0.717) is 25.3 Å². The second-order valence-corrected chi connectivity index (χ2v) is 6.72. The Morgan fingerprint density at radius 3 is 2.90 bits per heavy atom. The van der Waals surface area contributed by atoms with E-state index in [0.717, 1.165) is 23.5 Å². The number of aryl methyl sites for hydroxylation is 1. The fourth-order valence-electron chi connectivity index (χ4n) is 2.81. The Balaban J connectivity index is 1.94. The summed E-state index contributed by atoms with van der Waals surface area (Å²) in [6.07, 6.45) is 2.79. The number of thiazole rings is 1. The fraction of sp³-hybridized carbons (Fsp3) is 0.643. The van der Waals surface area contributed by atoms with E-state index < -0.39 is 17.5 Å². The van der Waals surface area contributed by atoms with Gasteiger partial charge in [0, 0.05) is 11.1 Å². The van der Waals surface area contributed by atoms with Crippen molar-refractivity contribution >= 4 is 23.3 Å². The number of urea groups is 1. The van der Waals surface area contributed by atoms with Crippen LogP contribution in [-0.4, -0.2) is 27.6 Å². The molecule has 0 radical (unpaired) electrons. The van der Waals surface area contributed by atoms with E-state index in [9.17, 15) is 14.7 Å². The first-order valence-electron chi connectivity index (χ1n) is 7.12. The summed E-state index contributed by atoms with van der Waals surface area (Å²) in [6, 6.07) is -0.445. The van der Waals surface area contributed by atoms with E-state index in [4.69, 9.17) is 0 Å². The van der Waals surface area contributed by atoms with Crippen molar-refractivity contribution in [1.82, 2.24) is 15.6 Å². The summed E-state index contributed by atoms with van der Waals surface area (Å²) in [6.45, 7) is 4.23. The van der Waals surface area contributed by atoms with Gasteiger partial charge in [0.05, 0.1) is 6.54 Å².